The minimum Gasteiger partial charge on any atom is -0.874 e. The van der Waals surface area contributed by atoms with Gasteiger partial charge in [0.15, 0.2) is 0 Å². The van der Waals surface area contributed by atoms with Gasteiger partial charge in [0.1, 0.15) is 0 Å². The third-order valence-electron chi connectivity index (χ3n) is 0.741. The van der Waals surface area contributed by atoms with Crippen molar-refractivity contribution >= 4 is 7.25 Å². The minimum absolute atomic E-state index is 0. The molecule has 1 heterocycles. The molecule has 0 N–H and O–H groups in total. The smallest absolute Gasteiger partial charge is 0.874 e. The normalized spacial score (nSPS) is 7.40. The van der Waals surface area contributed by atoms with Gasteiger partial charge in [0.2, 0.25) is 0 Å². The molecule has 42 valence electrons. The number of rotatable bonds is 1. The van der Waals surface area contributed by atoms with Crippen LogP contribution >= 0.6 is 0 Å². The third kappa shape index (κ3) is 4.15. The maximum atomic E-state index is 9.93. The molecule has 0 radical (unpaired) electrons. The number of hydrogen-bond acceptors (Lipinski definition) is 3. The van der Waals surface area contributed by atoms with Gasteiger partial charge in [0.25, 0.3) is 0 Å². The molecule has 0 saturated carbocycles. The Morgan fingerprint density at radius 3 is 2.10 bits per heavy atom. The molecule has 1 aromatic heterocycles. The third-order valence-corrected chi connectivity index (χ3v) is 0.741. The van der Waals surface area contributed by atoms with Crippen molar-refractivity contribution in [3.63, 3.8) is 0 Å². The Balaban J connectivity index is 0. The van der Waals surface area contributed by atoms with Crippen LogP contribution in [0.5, 0.6) is 0 Å². The van der Waals surface area contributed by atoms with Crippen LogP contribution in [0.2, 0.25) is 0 Å². The zero-order valence-electron chi connectivity index (χ0n) is 6.02. The summed E-state index contributed by atoms with van der Waals surface area (Å²) in [5, 5.41) is 23.3. The summed E-state index contributed by atoms with van der Waals surface area (Å²) < 4.78 is 0.806. The molecule has 0 aliphatic carbocycles. The Bertz CT molecular complexity index is 158. The van der Waals surface area contributed by atoms with Crippen LogP contribution in [-0.2, 0) is 0 Å². The topological polar surface area (TPSA) is 63.9 Å². The minimum atomic E-state index is -2.01. The van der Waals surface area contributed by atoms with Crippen LogP contribution in [0.25, 0.3) is 0 Å². The monoisotopic (exact) mass is 156 g/mol. The average Bonchev–Trinajstić information content (AvgIpc) is 2.12. The van der Waals surface area contributed by atoms with Gasteiger partial charge in [0, 0.05) is 19.6 Å². The summed E-state index contributed by atoms with van der Waals surface area (Å²) in [7, 11) is -2.01. The van der Waals surface area contributed by atoms with Gasteiger partial charge in [-0.3, -0.25) is 0 Å². The van der Waals surface area contributed by atoms with E-state index in [0.717, 1.165) is 4.59 Å². The predicted molar refractivity (Wildman–Crippen MR) is 23.4 cm³/mol. The molecule has 1 aromatic rings. The molecule has 0 atom stereocenters. The zero-order chi connectivity index (χ0) is 5.98. The van der Waals surface area contributed by atoms with E-state index < -0.39 is 7.25 Å². The van der Waals surface area contributed by atoms with Crippen LogP contribution in [0.1, 0.15) is 0 Å². The van der Waals surface area contributed by atoms with Gasteiger partial charge in [-0.05, 0) is 6.07 Å². The van der Waals surface area contributed by atoms with Crippen LogP contribution in [0.3, 0.4) is 0 Å². The van der Waals surface area contributed by atoms with Crippen molar-refractivity contribution in [2.45, 2.75) is 0 Å². The van der Waals surface area contributed by atoms with Crippen LogP contribution in [0, 0.1) is 0 Å². The summed E-state index contributed by atoms with van der Waals surface area (Å²) in [6, 6.07) is 1.53. The van der Waals surface area contributed by atoms with Crippen LogP contribution in [0.4, 0.5) is 0 Å². The van der Waals surface area contributed by atoms with E-state index in [1.807, 2.05) is 0 Å². The van der Waals surface area contributed by atoms with Crippen molar-refractivity contribution in [3.05, 3.63) is 18.5 Å². The largest absolute Gasteiger partial charge is 1.00 e. The molecule has 10 heavy (non-hydrogen) atoms. The van der Waals surface area contributed by atoms with E-state index in [9.17, 15) is 10.0 Å². The Kier molecular flexibility index (Phi) is 9.47. The molecule has 1 rings (SSSR count). The molecule has 0 unspecified atom stereocenters. The summed E-state index contributed by atoms with van der Waals surface area (Å²) in [5.41, 5.74) is 0. The fourth-order valence-electron chi connectivity index (χ4n) is 0.405. The van der Waals surface area contributed by atoms with Crippen LogP contribution in [-0.4, -0.2) is 16.9 Å². The van der Waals surface area contributed by atoms with Gasteiger partial charge in [-0.2, -0.15) is 5.10 Å². The molecule has 7 heteroatoms. The van der Waals surface area contributed by atoms with E-state index in [0.29, 0.717) is 0 Å². The molecule has 0 saturated heterocycles. The van der Waals surface area contributed by atoms with Crippen LogP contribution < -0.4 is 69.2 Å². The first kappa shape index (κ1) is 13.8. The fourth-order valence-corrected chi connectivity index (χ4v) is 0.405. The first-order valence-electron chi connectivity index (χ1n) is 2.11. The molecule has 0 bridgehead atoms. The summed E-state index contributed by atoms with van der Waals surface area (Å²) in [6.45, 7) is 0. The quantitative estimate of drug-likeness (QED) is 0.379. The first-order chi connectivity index (χ1) is 3.80. The van der Waals surface area contributed by atoms with Gasteiger partial charge in [-0.1, -0.05) is 0 Å². The second-order valence-electron chi connectivity index (χ2n) is 1.29. The zero-order valence-corrected chi connectivity index (χ0v) is 10.0. The second kappa shape index (κ2) is 6.88. The molecule has 0 spiro atoms. The van der Waals surface area contributed by atoms with E-state index in [2.05, 4.69) is 5.10 Å². The molecule has 4 nitrogen and oxygen atoms in total. The van der Waals surface area contributed by atoms with Gasteiger partial charge in [-0.25, -0.2) is 0 Å². The SMILES string of the molecule is [Na+].[Na+].[O-]B([O-])n1cccn1. The number of hydrogen-bond donors (Lipinski definition) is 0. The van der Waals surface area contributed by atoms with Crippen molar-refractivity contribution in [2.24, 2.45) is 0 Å². The molecule has 0 aliphatic heterocycles. The summed E-state index contributed by atoms with van der Waals surface area (Å²) >= 11 is 0. The molecule has 0 fully saturated rings. The van der Waals surface area contributed by atoms with E-state index in [4.69, 9.17) is 0 Å². The average molecular weight is 156 g/mol. The summed E-state index contributed by atoms with van der Waals surface area (Å²) in [4.78, 5) is 0. The van der Waals surface area contributed by atoms with Gasteiger partial charge >= 0.3 is 59.1 Å². The maximum absolute atomic E-state index is 9.93. The Labute approximate surface area is 103 Å². The van der Waals surface area contributed by atoms with Crippen LogP contribution in [0.15, 0.2) is 18.5 Å². The Hall–Kier alpha value is 1.19. The van der Waals surface area contributed by atoms with Crippen molar-refractivity contribution < 1.29 is 69.2 Å². The fraction of sp³-hybridized carbons (Fsp3) is 0. The van der Waals surface area contributed by atoms with Crippen molar-refractivity contribution in [1.82, 2.24) is 9.69 Å². The summed E-state index contributed by atoms with van der Waals surface area (Å²) in [6.07, 6.45) is 2.73. The number of aromatic nitrogens is 2. The van der Waals surface area contributed by atoms with E-state index >= 15 is 0 Å². The van der Waals surface area contributed by atoms with Gasteiger partial charge in [-0.15, -0.1) is 0 Å². The molecular weight excluding hydrogens is 153 g/mol. The first-order valence-corrected chi connectivity index (χ1v) is 2.11. The van der Waals surface area contributed by atoms with E-state index in [-0.39, 0.29) is 59.1 Å². The molecule has 0 aromatic carbocycles. The predicted octanol–water partition coefficient (Wildman–Crippen LogP) is -8.56. The van der Waals surface area contributed by atoms with Crippen molar-refractivity contribution in [2.75, 3.05) is 0 Å². The molecule has 0 aliphatic rings. The Morgan fingerprint density at radius 2 is 1.90 bits per heavy atom. The maximum Gasteiger partial charge on any atom is 1.00 e. The van der Waals surface area contributed by atoms with Crippen molar-refractivity contribution in [1.29, 1.82) is 0 Å². The van der Waals surface area contributed by atoms with Crippen molar-refractivity contribution in [3.8, 4) is 0 Å². The van der Waals surface area contributed by atoms with Gasteiger partial charge in [0.05, 0.1) is 0 Å². The number of nitrogens with zero attached hydrogens (tertiary/aromatic N) is 2. The Morgan fingerprint density at radius 1 is 1.30 bits per heavy atom. The summed E-state index contributed by atoms with van der Waals surface area (Å²) in [5.74, 6) is 0. The standard InChI is InChI=1S/C3H3BN2O2.2Na/c7-4(8)6-3-1-2-5-6;;/h1-3H;;/q-2;2*+1. The van der Waals surface area contributed by atoms with Gasteiger partial charge < -0.3 is 14.6 Å². The van der Waals surface area contributed by atoms with E-state index in [1.54, 1.807) is 0 Å². The molecular formula is C3H3BN2Na2O2. The molecule has 0 amide bonds. The second-order valence-corrected chi connectivity index (χ2v) is 1.29. The van der Waals surface area contributed by atoms with E-state index in [1.165, 1.54) is 18.5 Å².